The van der Waals surface area contributed by atoms with Gasteiger partial charge in [0.1, 0.15) is 6.26 Å². The fourth-order valence-corrected chi connectivity index (χ4v) is 0.951. The van der Waals surface area contributed by atoms with Gasteiger partial charge in [-0.3, -0.25) is 0 Å². The van der Waals surface area contributed by atoms with Crippen LogP contribution in [-0.4, -0.2) is 4.98 Å². The van der Waals surface area contributed by atoms with Crippen LogP contribution in [0.5, 0.6) is 0 Å². The Hall–Kier alpha value is -1.83. The highest BCUT2D eigenvalue weighted by Crippen LogP contribution is 2.14. The molecule has 0 bridgehead atoms. The summed E-state index contributed by atoms with van der Waals surface area (Å²) in [6.45, 7) is 13.2. The molecule has 1 aromatic heterocycles. The Labute approximate surface area is 97.7 Å². The number of rotatable bonds is 4. The van der Waals surface area contributed by atoms with Crippen molar-refractivity contribution in [3.05, 3.63) is 61.4 Å². The molecule has 1 aromatic rings. The Balaban J connectivity index is 0.00000106. The second kappa shape index (κ2) is 8.48. The molecule has 86 valence electrons. The first-order valence-electron chi connectivity index (χ1n) is 5.32. The van der Waals surface area contributed by atoms with Gasteiger partial charge in [-0.2, -0.15) is 0 Å². The Morgan fingerprint density at radius 1 is 1.31 bits per heavy atom. The van der Waals surface area contributed by atoms with Crippen molar-refractivity contribution in [2.45, 2.75) is 20.8 Å². The molecule has 2 nitrogen and oxygen atoms in total. The van der Waals surface area contributed by atoms with Gasteiger partial charge in [0, 0.05) is 5.57 Å². The maximum absolute atomic E-state index is 5.24. The Morgan fingerprint density at radius 3 is 2.44 bits per heavy atom. The molecule has 0 N–H and O–H groups in total. The van der Waals surface area contributed by atoms with Gasteiger partial charge in [0.05, 0.1) is 5.69 Å². The summed E-state index contributed by atoms with van der Waals surface area (Å²) < 4.78 is 5.24. The molecule has 0 aliphatic heterocycles. The monoisotopic (exact) mass is 217 g/mol. The van der Waals surface area contributed by atoms with Crippen LogP contribution in [0.4, 0.5) is 0 Å². The van der Waals surface area contributed by atoms with E-state index in [1.54, 1.807) is 18.4 Å². The van der Waals surface area contributed by atoms with E-state index < -0.39 is 0 Å². The lowest BCUT2D eigenvalue weighted by atomic mass is 10.2. The van der Waals surface area contributed by atoms with E-state index in [2.05, 4.69) is 18.1 Å². The quantitative estimate of drug-likeness (QED) is 0.702. The van der Waals surface area contributed by atoms with E-state index in [1.807, 2.05) is 39.0 Å². The summed E-state index contributed by atoms with van der Waals surface area (Å²) in [4.78, 5) is 4.19. The number of oxazole rings is 1. The van der Waals surface area contributed by atoms with Crippen LogP contribution >= 0.6 is 0 Å². The van der Waals surface area contributed by atoms with Gasteiger partial charge >= 0.3 is 0 Å². The van der Waals surface area contributed by atoms with Gasteiger partial charge < -0.3 is 4.42 Å². The zero-order valence-electron chi connectivity index (χ0n) is 10.2. The van der Waals surface area contributed by atoms with Crippen LogP contribution in [0.3, 0.4) is 0 Å². The summed E-state index contributed by atoms with van der Waals surface area (Å²) in [5.41, 5.74) is 1.72. The normalized spacial score (nSPS) is 10.8. The molecule has 0 unspecified atom stereocenters. The van der Waals surface area contributed by atoms with Gasteiger partial charge in [-0.15, -0.1) is 0 Å². The van der Waals surface area contributed by atoms with Crippen molar-refractivity contribution in [3.63, 3.8) is 0 Å². The van der Waals surface area contributed by atoms with E-state index in [-0.39, 0.29) is 0 Å². The van der Waals surface area contributed by atoms with Gasteiger partial charge in [0.25, 0.3) is 0 Å². The molecular weight excluding hydrogens is 198 g/mol. The number of hydrogen-bond acceptors (Lipinski definition) is 2. The molecule has 0 spiro atoms. The van der Waals surface area contributed by atoms with Crippen LogP contribution in [0.15, 0.2) is 54.2 Å². The van der Waals surface area contributed by atoms with Crippen molar-refractivity contribution in [3.8, 4) is 0 Å². The van der Waals surface area contributed by atoms with Gasteiger partial charge in [-0.05, 0) is 13.0 Å². The molecule has 0 aliphatic carbocycles. The molecule has 16 heavy (non-hydrogen) atoms. The Bertz CT molecular complexity index is 383. The van der Waals surface area contributed by atoms with E-state index in [0.717, 1.165) is 11.3 Å². The fourth-order valence-electron chi connectivity index (χ4n) is 0.951. The molecule has 0 radical (unpaired) electrons. The summed E-state index contributed by atoms with van der Waals surface area (Å²) in [5, 5.41) is 0. The lowest BCUT2D eigenvalue weighted by molar-refractivity contribution is 0.542. The largest absolute Gasteiger partial charge is 0.444 e. The highest BCUT2D eigenvalue weighted by atomic mass is 16.3. The molecule has 0 saturated heterocycles. The lowest BCUT2D eigenvalue weighted by Gasteiger charge is -1.91. The topological polar surface area (TPSA) is 26.0 Å². The molecule has 0 amide bonds. The van der Waals surface area contributed by atoms with Crippen LogP contribution in [0.2, 0.25) is 0 Å². The predicted molar refractivity (Wildman–Crippen MR) is 70.1 cm³/mol. The average molecular weight is 217 g/mol. The zero-order valence-corrected chi connectivity index (χ0v) is 10.2. The van der Waals surface area contributed by atoms with Gasteiger partial charge in [0.2, 0.25) is 5.89 Å². The molecule has 0 atom stereocenters. The first-order valence-corrected chi connectivity index (χ1v) is 5.32. The number of aromatic nitrogens is 1. The summed E-state index contributed by atoms with van der Waals surface area (Å²) in [6.07, 6.45) is 10.6. The van der Waals surface area contributed by atoms with Crippen LogP contribution in [0.1, 0.15) is 25.4 Å². The standard InChI is InChI=1S/C12H13NO.C2H6/c1-4-6-7-8-11(5-2)12-13-10(3)9-14-12;1-2/h4-9H,1-2H2,3H3;1-2H3/b7-6-,11-8+;. The lowest BCUT2D eigenvalue weighted by Crippen LogP contribution is -1.79. The molecule has 1 heterocycles. The average Bonchev–Trinajstić information content (AvgIpc) is 2.74. The maximum Gasteiger partial charge on any atom is 0.226 e. The van der Waals surface area contributed by atoms with Gasteiger partial charge in [-0.25, -0.2) is 4.98 Å². The van der Waals surface area contributed by atoms with E-state index in [4.69, 9.17) is 4.42 Å². The number of aryl methyl sites for hydroxylation is 1. The number of allylic oxidation sites excluding steroid dienone is 6. The highest BCUT2D eigenvalue weighted by molar-refractivity contribution is 5.69. The van der Waals surface area contributed by atoms with Crippen LogP contribution in [-0.2, 0) is 0 Å². The highest BCUT2D eigenvalue weighted by Gasteiger charge is 2.02. The Kier molecular flexibility index (Phi) is 7.51. The third-order valence-corrected chi connectivity index (χ3v) is 1.61. The van der Waals surface area contributed by atoms with Gasteiger partial charge in [0.15, 0.2) is 0 Å². The van der Waals surface area contributed by atoms with E-state index in [0.29, 0.717) is 5.89 Å². The number of hydrogen-bond donors (Lipinski definition) is 0. The molecular formula is C14H19NO. The van der Waals surface area contributed by atoms with Crippen molar-refractivity contribution in [1.29, 1.82) is 0 Å². The van der Waals surface area contributed by atoms with Gasteiger partial charge in [-0.1, -0.05) is 51.3 Å². The SMILES string of the molecule is C=C/C=C\C=C(/C=C)c1nc(C)co1.CC. The maximum atomic E-state index is 5.24. The van der Waals surface area contributed by atoms with E-state index in [9.17, 15) is 0 Å². The van der Waals surface area contributed by atoms with Crippen LogP contribution in [0.25, 0.3) is 5.57 Å². The minimum Gasteiger partial charge on any atom is -0.444 e. The smallest absolute Gasteiger partial charge is 0.226 e. The first-order chi connectivity index (χ1) is 7.77. The molecule has 0 fully saturated rings. The summed E-state index contributed by atoms with van der Waals surface area (Å²) in [6, 6.07) is 0. The first kappa shape index (κ1) is 14.2. The minimum atomic E-state index is 0.589. The van der Waals surface area contributed by atoms with Crippen molar-refractivity contribution in [2.75, 3.05) is 0 Å². The number of nitrogens with zero attached hydrogens (tertiary/aromatic N) is 1. The van der Waals surface area contributed by atoms with Crippen LogP contribution in [0, 0.1) is 6.92 Å². The van der Waals surface area contributed by atoms with Crippen LogP contribution < -0.4 is 0 Å². The zero-order chi connectivity index (χ0) is 12.4. The Morgan fingerprint density at radius 2 is 2.00 bits per heavy atom. The summed E-state index contributed by atoms with van der Waals surface area (Å²) in [5.74, 6) is 0.589. The minimum absolute atomic E-state index is 0.589. The van der Waals surface area contributed by atoms with E-state index >= 15 is 0 Å². The third kappa shape index (κ3) is 4.60. The molecule has 0 aliphatic rings. The summed E-state index contributed by atoms with van der Waals surface area (Å²) in [7, 11) is 0. The predicted octanol–water partition coefficient (Wildman–Crippen LogP) is 4.32. The van der Waals surface area contributed by atoms with E-state index in [1.165, 1.54) is 0 Å². The van der Waals surface area contributed by atoms with Crippen molar-refractivity contribution >= 4 is 5.57 Å². The molecule has 0 saturated carbocycles. The van der Waals surface area contributed by atoms with Crippen molar-refractivity contribution < 1.29 is 4.42 Å². The molecule has 1 rings (SSSR count). The second-order valence-electron chi connectivity index (χ2n) is 2.74. The fraction of sp³-hybridized carbons (Fsp3) is 0.214. The molecule has 2 heteroatoms. The molecule has 0 aromatic carbocycles. The van der Waals surface area contributed by atoms with Crippen molar-refractivity contribution in [1.82, 2.24) is 4.98 Å². The second-order valence-corrected chi connectivity index (χ2v) is 2.74. The summed E-state index contributed by atoms with van der Waals surface area (Å²) >= 11 is 0. The van der Waals surface area contributed by atoms with Crippen molar-refractivity contribution in [2.24, 2.45) is 0 Å². The third-order valence-electron chi connectivity index (χ3n) is 1.61.